The Morgan fingerprint density at radius 2 is 1.81 bits per heavy atom. The van der Waals surface area contributed by atoms with Crippen molar-refractivity contribution in [3.63, 3.8) is 0 Å². The first-order valence-corrected chi connectivity index (χ1v) is 8.46. The van der Waals surface area contributed by atoms with Crippen molar-refractivity contribution in [2.24, 2.45) is 4.99 Å². The predicted molar refractivity (Wildman–Crippen MR) is 116 cm³/mol. The zero-order valence-electron chi connectivity index (χ0n) is 15.5. The Hall–Kier alpha value is -1.83. The van der Waals surface area contributed by atoms with Crippen LogP contribution in [0, 0.1) is 5.82 Å². The summed E-state index contributed by atoms with van der Waals surface area (Å²) in [5, 5.41) is 6.62. The highest BCUT2D eigenvalue weighted by molar-refractivity contribution is 14.0. The van der Waals surface area contributed by atoms with Crippen molar-refractivity contribution in [2.45, 2.75) is 19.3 Å². The normalized spacial score (nSPS) is 12.1. The van der Waals surface area contributed by atoms with Crippen LogP contribution in [-0.4, -0.2) is 33.2 Å². The fraction of sp³-hybridized carbons (Fsp3) is 0.350. The van der Waals surface area contributed by atoms with Crippen molar-refractivity contribution in [2.75, 3.05) is 27.2 Å². The van der Waals surface area contributed by atoms with Crippen LogP contribution in [0.15, 0.2) is 53.5 Å². The third kappa shape index (κ3) is 6.82. The summed E-state index contributed by atoms with van der Waals surface area (Å²) in [5.41, 5.74) is 2.26. The Morgan fingerprint density at radius 3 is 2.46 bits per heavy atom. The van der Waals surface area contributed by atoms with Gasteiger partial charge in [0.15, 0.2) is 5.96 Å². The SMILES string of the molecule is CN=C(NCCc1ccc(F)cc1)NCC(C)c1ccccc1OC.I. The van der Waals surface area contributed by atoms with Gasteiger partial charge in [0.25, 0.3) is 0 Å². The summed E-state index contributed by atoms with van der Waals surface area (Å²) >= 11 is 0. The van der Waals surface area contributed by atoms with Crippen LogP contribution in [0.5, 0.6) is 5.75 Å². The first kappa shape index (κ1) is 22.2. The molecule has 0 bridgehead atoms. The summed E-state index contributed by atoms with van der Waals surface area (Å²) in [7, 11) is 3.44. The van der Waals surface area contributed by atoms with Crippen LogP contribution >= 0.6 is 24.0 Å². The van der Waals surface area contributed by atoms with Gasteiger partial charge in [-0.3, -0.25) is 4.99 Å². The number of rotatable bonds is 7. The van der Waals surface area contributed by atoms with E-state index in [4.69, 9.17) is 4.74 Å². The Balaban J connectivity index is 0.00000338. The topological polar surface area (TPSA) is 45.7 Å². The molecule has 0 spiro atoms. The van der Waals surface area contributed by atoms with Crippen molar-refractivity contribution in [1.82, 2.24) is 10.6 Å². The molecule has 0 saturated heterocycles. The first-order valence-electron chi connectivity index (χ1n) is 8.46. The molecule has 2 aromatic carbocycles. The minimum Gasteiger partial charge on any atom is -0.496 e. The average Bonchev–Trinajstić information content (AvgIpc) is 2.65. The molecule has 0 saturated carbocycles. The molecule has 0 aliphatic heterocycles. The van der Waals surface area contributed by atoms with E-state index in [1.165, 1.54) is 17.7 Å². The lowest BCUT2D eigenvalue weighted by Crippen LogP contribution is -2.39. The van der Waals surface area contributed by atoms with E-state index in [1.54, 1.807) is 26.3 Å². The Labute approximate surface area is 172 Å². The molecule has 2 N–H and O–H groups in total. The maximum absolute atomic E-state index is 12.9. The number of benzene rings is 2. The highest BCUT2D eigenvalue weighted by Gasteiger charge is 2.11. The Morgan fingerprint density at radius 1 is 1.12 bits per heavy atom. The number of halogens is 2. The number of methoxy groups -OCH3 is 1. The summed E-state index contributed by atoms with van der Waals surface area (Å²) in [6.07, 6.45) is 0.809. The first-order chi connectivity index (χ1) is 12.1. The zero-order chi connectivity index (χ0) is 18.1. The zero-order valence-corrected chi connectivity index (χ0v) is 17.8. The van der Waals surface area contributed by atoms with Gasteiger partial charge in [-0.25, -0.2) is 4.39 Å². The monoisotopic (exact) mass is 471 g/mol. The summed E-state index contributed by atoms with van der Waals surface area (Å²) < 4.78 is 18.3. The lowest BCUT2D eigenvalue weighted by molar-refractivity contribution is 0.406. The number of guanidine groups is 1. The van der Waals surface area contributed by atoms with Gasteiger partial charge in [0, 0.05) is 26.1 Å². The van der Waals surface area contributed by atoms with E-state index in [0.29, 0.717) is 0 Å². The van der Waals surface area contributed by atoms with Gasteiger partial charge >= 0.3 is 0 Å². The average molecular weight is 471 g/mol. The van der Waals surface area contributed by atoms with E-state index >= 15 is 0 Å². The molecule has 142 valence electrons. The van der Waals surface area contributed by atoms with Gasteiger partial charge in [0.1, 0.15) is 11.6 Å². The van der Waals surface area contributed by atoms with E-state index in [0.717, 1.165) is 36.8 Å². The molecule has 1 unspecified atom stereocenters. The van der Waals surface area contributed by atoms with E-state index in [1.807, 2.05) is 18.2 Å². The molecule has 0 fully saturated rings. The molecular weight excluding hydrogens is 444 g/mol. The van der Waals surface area contributed by atoms with Crippen LogP contribution < -0.4 is 15.4 Å². The van der Waals surface area contributed by atoms with Crippen LogP contribution in [0.3, 0.4) is 0 Å². The van der Waals surface area contributed by atoms with E-state index < -0.39 is 0 Å². The van der Waals surface area contributed by atoms with E-state index in [2.05, 4.69) is 28.6 Å². The highest BCUT2D eigenvalue weighted by Crippen LogP contribution is 2.25. The summed E-state index contributed by atoms with van der Waals surface area (Å²) in [4.78, 5) is 4.24. The van der Waals surface area contributed by atoms with Crippen molar-refractivity contribution >= 4 is 29.9 Å². The third-order valence-electron chi connectivity index (χ3n) is 4.09. The number of hydrogen-bond donors (Lipinski definition) is 2. The van der Waals surface area contributed by atoms with Crippen molar-refractivity contribution in [1.29, 1.82) is 0 Å². The maximum Gasteiger partial charge on any atom is 0.191 e. The molecule has 2 rings (SSSR count). The van der Waals surface area contributed by atoms with Crippen molar-refractivity contribution in [3.05, 3.63) is 65.5 Å². The molecular formula is C20H27FIN3O. The summed E-state index contributed by atoms with van der Waals surface area (Å²) in [5.74, 6) is 1.73. The number of nitrogens with one attached hydrogen (secondary N) is 2. The minimum atomic E-state index is -0.209. The fourth-order valence-corrected chi connectivity index (χ4v) is 2.63. The number of nitrogens with zero attached hydrogens (tertiary/aromatic N) is 1. The maximum atomic E-state index is 12.9. The molecule has 0 aliphatic carbocycles. The number of ether oxygens (including phenoxy) is 1. The number of hydrogen-bond acceptors (Lipinski definition) is 2. The molecule has 4 nitrogen and oxygen atoms in total. The van der Waals surface area contributed by atoms with Crippen molar-refractivity contribution in [3.8, 4) is 5.75 Å². The highest BCUT2D eigenvalue weighted by atomic mass is 127. The lowest BCUT2D eigenvalue weighted by Gasteiger charge is -2.18. The van der Waals surface area contributed by atoms with E-state index in [9.17, 15) is 4.39 Å². The van der Waals surface area contributed by atoms with Gasteiger partial charge in [-0.1, -0.05) is 37.3 Å². The Bertz CT molecular complexity index is 692. The van der Waals surface area contributed by atoms with Gasteiger partial charge in [-0.15, -0.1) is 24.0 Å². The number of para-hydroxylation sites is 1. The molecule has 1 atom stereocenters. The molecule has 0 aliphatic rings. The second kappa shape index (κ2) is 11.7. The van der Waals surface area contributed by atoms with E-state index in [-0.39, 0.29) is 35.7 Å². The molecule has 6 heteroatoms. The minimum absolute atomic E-state index is 0. The van der Waals surface area contributed by atoms with Crippen LogP contribution in [-0.2, 0) is 6.42 Å². The fourth-order valence-electron chi connectivity index (χ4n) is 2.63. The summed E-state index contributed by atoms with van der Waals surface area (Å²) in [6.45, 7) is 3.63. The second-order valence-corrected chi connectivity index (χ2v) is 5.90. The molecule has 0 radical (unpaired) electrons. The predicted octanol–water partition coefficient (Wildman–Crippen LogP) is 3.96. The van der Waals surface area contributed by atoms with Gasteiger partial charge in [-0.05, 0) is 35.7 Å². The third-order valence-corrected chi connectivity index (χ3v) is 4.09. The smallest absolute Gasteiger partial charge is 0.191 e. The van der Waals surface area contributed by atoms with Crippen molar-refractivity contribution < 1.29 is 9.13 Å². The lowest BCUT2D eigenvalue weighted by atomic mass is 10.0. The second-order valence-electron chi connectivity index (χ2n) is 5.90. The number of aliphatic imine (C=N–C) groups is 1. The van der Waals surface area contributed by atoms with Gasteiger partial charge in [0.05, 0.1) is 7.11 Å². The quantitative estimate of drug-likeness (QED) is 0.365. The Kier molecular flexibility index (Phi) is 10.0. The molecule has 26 heavy (non-hydrogen) atoms. The largest absolute Gasteiger partial charge is 0.496 e. The van der Waals surface area contributed by atoms with Gasteiger partial charge in [0.2, 0.25) is 0 Å². The standard InChI is InChI=1S/C20H26FN3O.HI/c1-15(18-6-4-5-7-19(18)25-3)14-24-20(22-2)23-13-12-16-8-10-17(21)11-9-16;/h4-11,15H,12-14H2,1-3H3,(H2,22,23,24);1H. The van der Waals surface area contributed by atoms with Crippen LogP contribution in [0.25, 0.3) is 0 Å². The molecule has 2 aromatic rings. The van der Waals surface area contributed by atoms with Gasteiger partial charge < -0.3 is 15.4 Å². The molecule has 0 heterocycles. The molecule has 0 aromatic heterocycles. The summed E-state index contributed by atoms with van der Waals surface area (Å²) in [6, 6.07) is 14.6. The van der Waals surface area contributed by atoms with Crippen LogP contribution in [0.2, 0.25) is 0 Å². The van der Waals surface area contributed by atoms with Crippen LogP contribution in [0.1, 0.15) is 24.0 Å². The van der Waals surface area contributed by atoms with Crippen LogP contribution in [0.4, 0.5) is 4.39 Å². The van der Waals surface area contributed by atoms with Gasteiger partial charge in [-0.2, -0.15) is 0 Å². The molecule has 0 amide bonds.